The van der Waals surface area contributed by atoms with Gasteiger partial charge in [0.2, 0.25) is 0 Å². The number of azo groups is 1. The topological polar surface area (TPSA) is 103 Å². The van der Waals surface area contributed by atoms with Crippen molar-refractivity contribution >= 4 is 22.7 Å². The molecule has 120 valence electrons. The Hall–Kier alpha value is -2.80. The van der Waals surface area contributed by atoms with Gasteiger partial charge in [-0.3, -0.25) is 10.1 Å². The number of non-ortho nitro benzene ring substituents is 1. The van der Waals surface area contributed by atoms with Gasteiger partial charge in [0, 0.05) is 30.0 Å². The van der Waals surface area contributed by atoms with E-state index in [1.807, 2.05) is 6.92 Å². The van der Waals surface area contributed by atoms with E-state index in [0.29, 0.717) is 30.3 Å². The number of hydrogen-bond donors (Lipinski definition) is 1. The first-order chi connectivity index (χ1) is 11.1. The van der Waals surface area contributed by atoms with Gasteiger partial charge in [-0.05, 0) is 36.8 Å². The molecule has 0 saturated carbocycles. The number of nitrogens with zero attached hydrogens (tertiary/aromatic N) is 3. The zero-order chi connectivity index (χ0) is 16.7. The number of ether oxygens (including phenoxy) is 1. The fraction of sp³-hybridized carbons (Fsp3) is 0.250. The first kappa shape index (κ1) is 16.6. The Kier molecular flexibility index (Phi) is 5.76. The Bertz CT molecular complexity index is 699. The molecule has 0 aliphatic carbocycles. The molecule has 2 N–H and O–H groups in total. The second-order valence-corrected chi connectivity index (χ2v) is 4.91. The van der Waals surface area contributed by atoms with Gasteiger partial charge >= 0.3 is 0 Å². The van der Waals surface area contributed by atoms with E-state index < -0.39 is 4.92 Å². The summed E-state index contributed by atoms with van der Waals surface area (Å²) in [6.45, 7) is 3.11. The number of hydrogen-bond acceptors (Lipinski definition) is 6. The van der Waals surface area contributed by atoms with Crippen molar-refractivity contribution in [2.24, 2.45) is 10.2 Å². The van der Waals surface area contributed by atoms with Crippen LogP contribution in [-0.4, -0.2) is 11.5 Å². The van der Waals surface area contributed by atoms with Crippen LogP contribution in [0.5, 0.6) is 0 Å². The highest BCUT2D eigenvalue weighted by molar-refractivity contribution is 5.54. The summed E-state index contributed by atoms with van der Waals surface area (Å²) in [6, 6.07) is 11.2. The SMILES string of the molecule is CCCOCc1cc(N)ccc1N=Nc1ccc([N+](=O)[O-])cc1. The Morgan fingerprint density at radius 1 is 1.17 bits per heavy atom. The highest BCUT2D eigenvalue weighted by Gasteiger charge is 2.05. The van der Waals surface area contributed by atoms with Crippen LogP contribution in [0.1, 0.15) is 18.9 Å². The van der Waals surface area contributed by atoms with Crippen LogP contribution in [0.15, 0.2) is 52.7 Å². The molecule has 0 radical (unpaired) electrons. The van der Waals surface area contributed by atoms with E-state index in [4.69, 9.17) is 10.5 Å². The predicted molar refractivity (Wildman–Crippen MR) is 88.1 cm³/mol. The first-order valence-corrected chi connectivity index (χ1v) is 7.22. The molecule has 0 aliphatic heterocycles. The molecular weight excluding hydrogens is 296 g/mol. The molecular formula is C16H18N4O3. The van der Waals surface area contributed by atoms with Crippen molar-refractivity contribution < 1.29 is 9.66 Å². The monoisotopic (exact) mass is 314 g/mol. The van der Waals surface area contributed by atoms with Crippen molar-refractivity contribution in [3.63, 3.8) is 0 Å². The third kappa shape index (κ3) is 4.86. The summed E-state index contributed by atoms with van der Waals surface area (Å²) < 4.78 is 5.53. The van der Waals surface area contributed by atoms with Crippen LogP contribution in [0.25, 0.3) is 0 Å². The number of nitro benzene ring substituents is 1. The van der Waals surface area contributed by atoms with Gasteiger partial charge in [0.25, 0.3) is 5.69 Å². The lowest BCUT2D eigenvalue weighted by atomic mass is 10.1. The van der Waals surface area contributed by atoms with Gasteiger partial charge in [-0.25, -0.2) is 0 Å². The molecule has 2 rings (SSSR count). The van der Waals surface area contributed by atoms with Gasteiger partial charge in [-0.15, -0.1) is 0 Å². The molecule has 0 bridgehead atoms. The number of nitrogens with two attached hydrogens (primary N) is 1. The van der Waals surface area contributed by atoms with E-state index in [1.54, 1.807) is 30.3 Å². The van der Waals surface area contributed by atoms with E-state index in [1.165, 1.54) is 12.1 Å². The summed E-state index contributed by atoms with van der Waals surface area (Å²) in [5.74, 6) is 0. The minimum absolute atomic E-state index is 0.0186. The van der Waals surface area contributed by atoms with Crippen LogP contribution in [0.3, 0.4) is 0 Å². The predicted octanol–water partition coefficient (Wildman–Crippen LogP) is 4.52. The lowest BCUT2D eigenvalue weighted by Gasteiger charge is -2.07. The van der Waals surface area contributed by atoms with E-state index in [0.717, 1.165) is 12.0 Å². The van der Waals surface area contributed by atoms with Crippen LogP contribution >= 0.6 is 0 Å². The fourth-order valence-corrected chi connectivity index (χ4v) is 1.90. The average molecular weight is 314 g/mol. The van der Waals surface area contributed by atoms with E-state index in [-0.39, 0.29) is 5.69 Å². The summed E-state index contributed by atoms with van der Waals surface area (Å²) in [4.78, 5) is 10.2. The second kappa shape index (κ2) is 8.00. The normalized spacial score (nSPS) is 11.0. The maximum absolute atomic E-state index is 10.6. The van der Waals surface area contributed by atoms with Crippen molar-refractivity contribution in [3.8, 4) is 0 Å². The smallest absolute Gasteiger partial charge is 0.269 e. The number of nitro groups is 1. The summed E-state index contributed by atoms with van der Waals surface area (Å²) >= 11 is 0. The van der Waals surface area contributed by atoms with Crippen LogP contribution in [-0.2, 0) is 11.3 Å². The zero-order valence-electron chi connectivity index (χ0n) is 12.8. The molecule has 0 saturated heterocycles. The molecule has 0 atom stereocenters. The maximum Gasteiger partial charge on any atom is 0.269 e. The number of rotatable bonds is 7. The molecule has 0 fully saturated rings. The average Bonchev–Trinajstić information content (AvgIpc) is 2.54. The third-order valence-corrected chi connectivity index (χ3v) is 3.04. The summed E-state index contributed by atoms with van der Waals surface area (Å²) in [6.07, 6.45) is 0.933. The highest BCUT2D eigenvalue weighted by Crippen LogP contribution is 2.26. The van der Waals surface area contributed by atoms with Crippen LogP contribution in [0, 0.1) is 10.1 Å². The Labute approximate surface area is 134 Å². The van der Waals surface area contributed by atoms with Crippen molar-refractivity contribution in [1.82, 2.24) is 0 Å². The van der Waals surface area contributed by atoms with Gasteiger partial charge in [0.1, 0.15) is 0 Å². The molecule has 7 nitrogen and oxygen atoms in total. The maximum atomic E-state index is 10.6. The highest BCUT2D eigenvalue weighted by atomic mass is 16.6. The molecule has 0 unspecified atom stereocenters. The lowest BCUT2D eigenvalue weighted by molar-refractivity contribution is -0.384. The lowest BCUT2D eigenvalue weighted by Crippen LogP contribution is -1.96. The van der Waals surface area contributed by atoms with Crippen LogP contribution in [0.2, 0.25) is 0 Å². The molecule has 0 amide bonds. The van der Waals surface area contributed by atoms with Crippen molar-refractivity contribution in [2.45, 2.75) is 20.0 Å². The molecule has 0 spiro atoms. The van der Waals surface area contributed by atoms with Gasteiger partial charge in [-0.1, -0.05) is 6.92 Å². The second-order valence-electron chi connectivity index (χ2n) is 4.91. The van der Waals surface area contributed by atoms with Gasteiger partial charge in [-0.2, -0.15) is 10.2 Å². The number of anilines is 1. The molecule has 0 heterocycles. The van der Waals surface area contributed by atoms with E-state index in [2.05, 4.69) is 10.2 Å². The molecule has 0 aromatic heterocycles. The summed E-state index contributed by atoms with van der Waals surface area (Å²) in [5.41, 5.74) is 8.49. The Morgan fingerprint density at radius 2 is 1.91 bits per heavy atom. The zero-order valence-corrected chi connectivity index (χ0v) is 12.8. The van der Waals surface area contributed by atoms with Crippen molar-refractivity contribution in [3.05, 3.63) is 58.1 Å². The summed E-state index contributed by atoms with van der Waals surface area (Å²) in [5, 5.41) is 18.9. The number of benzene rings is 2. The van der Waals surface area contributed by atoms with E-state index >= 15 is 0 Å². The first-order valence-electron chi connectivity index (χ1n) is 7.22. The largest absolute Gasteiger partial charge is 0.399 e. The van der Waals surface area contributed by atoms with Crippen LogP contribution < -0.4 is 5.73 Å². The molecule has 2 aromatic rings. The number of nitrogen functional groups attached to an aromatic ring is 1. The third-order valence-electron chi connectivity index (χ3n) is 3.04. The molecule has 23 heavy (non-hydrogen) atoms. The van der Waals surface area contributed by atoms with Crippen molar-refractivity contribution in [1.29, 1.82) is 0 Å². The van der Waals surface area contributed by atoms with Gasteiger partial charge in [0.05, 0.1) is 22.9 Å². The molecule has 7 heteroatoms. The Morgan fingerprint density at radius 3 is 2.57 bits per heavy atom. The quantitative estimate of drug-likeness (QED) is 0.267. The van der Waals surface area contributed by atoms with Gasteiger partial charge in [0.15, 0.2) is 0 Å². The Balaban J connectivity index is 2.16. The minimum Gasteiger partial charge on any atom is -0.399 e. The standard InChI is InChI=1S/C16H18N4O3/c1-2-9-23-11-12-10-13(17)3-8-16(12)19-18-14-4-6-15(7-5-14)20(21)22/h3-8,10H,2,9,11,17H2,1H3. The van der Waals surface area contributed by atoms with Crippen molar-refractivity contribution in [2.75, 3.05) is 12.3 Å². The van der Waals surface area contributed by atoms with Gasteiger partial charge < -0.3 is 10.5 Å². The van der Waals surface area contributed by atoms with Crippen LogP contribution in [0.4, 0.5) is 22.7 Å². The summed E-state index contributed by atoms with van der Waals surface area (Å²) in [7, 11) is 0. The molecule has 0 aliphatic rings. The van der Waals surface area contributed by atoms with E-state index in [9.17, 15) is 10.1 Å². The fourth-order valence-electron chi connectivity index (χ4n) is 1.90. The molecule has 2 aromatic carbocycles. The minimum atomic E-state index is -0.454.